The molecule has 1 N–H and O–H groups in total. The molecule has 0 aliphatic carbocycles. The number of hydrogen-bond donors (Lipinski definition) is 1. The number of rotatable bonds is 2. The largest absolute Gasteiger partial charge is 0.380 e. The molecule has 94 valence electrons. The van der Waals surface area contributed by atoms with Crippen molar-refractivity contribution < 1.29 is 0 Å². The van der Waals surface area contributed by atoms with Gasteiger partial charge in [-0.25, -0.2) is 0 Å². The first-order chi connectivity index (χ1) is 8.76. The van der Waals surface area contributed by atoms with Crippen LogP contribution in [-0.2, 0) is 0 Å². The van der Waals surface area contributed by atoms with Crippen molar-refractivity contribution in [3.63, 3.8) is 0 Å². The lowest BCUT2D eigenvalue weighted by molar-refractivity contribution is 0.0975. The third-order valence-electron chi connectivity index (χ3n) is 4.10. The molecule has 3 fully saturated rings. The normalized spacial score (nSPS) is 29.9. The third kappa shape index (κ3) is 2.19. The lowest BCUT2D eigenvalue weighted by atomic mass is 9.84. The second kappa shape index (κ2) is 4.79. The number of hydrogen-bond acceptors (Lipinski definition) is 3. The molecule has 1 aromatic rings. The van der Waals surface area contributed by atoms with Crippen LogP contribution < -0.4 is 5.32 Å². The molecule has 0 aromatic heterocycles. The van der Waals surface area contributed by atoms with Gasteiger partial charge >= 0.3 is 0 Å². The van der Waals surface area contributed by atoms with Crippen molar-refractivity contribution in [2.45, 2.75) is 18.9 Å². The summed E-state index contributed by atoms with van der Waals surface area (Å²) in [5.41, 5.74) is 1.56. The van der Waals surface area contributed by atoms with Crippen LogP contribution in [0.3, 0.4) is 0 Å². The second-order valence-corrected chi connectivity index (χ2v) is 5.63. The van der Waals surface area contributed by atoms with E-state index in [2.05, 4.69) is 16.3 Å². The van der Waals surface area contributed by atoms with Crippen LogP contribution in [0, 0.1) is 17.2 Å². The molecule has 3 saturated heterocycles. The first-order valence-electron chi connectivity index (χ1n) is 6.45. The number of nitriles is 1. The molecule has 0 saturated carbocycles. The van der Waals surface area contributed by atoms with Crippen molar-refractivity contribution in [1.29, 1.82) is 5.26 Å². The molecule has 18 heavy (non-hydrogen) atoms. The molecule has 3 heterocycles. The Labute approximate surface area is 112 Å². The van der Waals surface area contributed by atoms with Crippen molar-refractivity contribution >= 4 is 17.3 Å². The summed E-state index contributed by atoms with van der Waals surface area (Å²) in [6.45, 7) is 3.54. The van der Waals surface area contributed by atoms with Crippen LogP contribution in [0.5, 0.6) is 0 Å². The van der Waals surface area contributed by atoms with E-state index in [4.69, 9.17) is 16.9 Å². The van der Waals surface area contributed by atoms with Crippen LogP contribution in [0.2, 0.25) is 5.02 Å². The molecule has 3 aliphatic rings. The predicted octanol–water partition coefficient (Wildman–Crippen LogP) is 2.72. The van der Waals surface area contributed by atoms with Crippen LogP contribution in [0.25, 0.3) is 0 Å². The molecule has 0 radical (unpaired) electrons. The van der Waals surface area contributed by atoms with Gasteiger partial charge in [0.25, 0.3) is 0 Å². The van der Waals surface area contributed by atoms with Gasteiger partial charge in [-0.3, -0.25) is 0 Å². The van der Waals surface area contributed by atoms with Crippen LogP contribution in [0.1, 0.15) is 18.4 Å². The van der Waals surface area contributed by atoms with E-state index in [1.54, 1.807) is 12.1 Å². The minimum atomic E-state index is 0.457. The van der Waals surface area contributed by atoms with Gasteiger partial charge in [0.1, 0.15) is 6.07 Å². The quantitative estimate of drug-likeness (QED) is 0.890. The number of nitrogens with one attached hydrogen (secondary N) is 1. The maximum atomic E-state index is 9.13. The van der Waals surface area contributed by atoms with Gasteiger partial charge in [-0.2, -0.15) is 5.26 Å². The molecule has 0 amide bonds. The van der Waals surface area contributed by atoms with Gasteiger partial charge in [0, 0.05) is 17.6 Å². The number of halogens is 1. The number of anilines is 1. The zero-order valence-electron chi connectivity index (χ0n) is 10.2. The fourth-order valence-electron chi connectivity index (χ4n) is 3.06. The Hall–Kier alpha value is -1.24. The van der Waals surface area contributed by atoms with Gasteiger partial charge in [-0.05, 0) is 50.0 Å². The summed E-state index contributed by atoms with van der Waals surface area (Å²) in [6.07, 6.45) is 2.53. The lowest BCUT2D eigenvalue weighted by Gasteiger charge is -2.45. The maximum Gasteiger partial charge on any atom is 0.101 e. The summed E-state index contributed by atoms with van der Waals surface area (Å²) in [7, 11) is 0. The molecule has 2 bridgehead atoms. The molecule has 1 aromatic carbocycles. The van der Waals surface area contributed by atoms with Crippen LogP contribution >= 0.6 is 11.6 Å². The topological polar surface area (TPSA) is 39.1 Å². The highest BCUT2D eigenvalue weighted by Gasteiger charge is 2.34. The average molecular weight is 262 g/mol. The van der Waals surface area contributed by atoms with Crippen molar-refractivity contribution in [2.24, 2.45) is 5.92 Å². The van der Waals surface area contributed by atoms with Crippen molar-refractivity contribution in [3.8, 4) is 6.07 Å². The number of fused-ring (bicyclic) bond motifs is 3. The van der Waals surface area contributed by atoms with Gasteiger partial charge in [0.2, 0.25) is 0 Å². The second-order valence-electron chi connectivity index (χ2n) is 5.19. The van der Waals surface area contributed by atoms with E-state index in [0.29, 0.717) is 16.6 Å². The average Bonchev–Trinajstić information content (AvgIpc) is 2.40. The number of nitrogens with zero attached hydrogens (tertiary/aromatic N) is 2. The molecule has 1 atom stereocenters. The van der Waals surface area contributed by atoms with E-state index in [1.165, 1.54) is 25.9 Å². The first-order valence-corrected chi connectivity index (χ1v) is 6.82. The highest BCUT2D eigenvalue weighted by molar-refractivity contribution is 6.30. The van der Waals surface area contributed by atoms with Crippen LogP contribution in [0.4, 0.5) is 5.69 Å². The van der Waals surface area contributed by atoms with E-state index in [9.17, 15) is 0 Å². The Morgan fingerprint density at radius 1 is 1.33 bits per heavy atom. The molecule has 0 spiro atoms. The fourth-order valence-corrected chi connectivity index (χ4v) is 3.23. The number of piperidine rings is 3. The molecule has 4 heteroatoms. The maximum absolute atomic E-state index is 9.13. The summed E-state index contributed by atoms with van der Waals surface area (Å²) >= 11 is 6.01. The Morgan fingerprint density at radius 2 is 2.11 bits per heavy atom. The summed E-state index contributed by atoms with van der Waals surface area (Å²) in [5.74, 6) is 0.737. The van der Waals surface area contributed by atoms with Crippen LogP contribution in [-0.4, -0.2) is 30.6 Å². The molecule has 4 rings (SSSR count). The summed E-state index contributed by atoms with van der Waals surface area (Å²) in [6, 6.07) is 8.09. The Bertz CT molecular complexity index is 486. The molecule has 3 nitrogen and oxygen atoms in total. The highest BCUT2D eigenvalue weighted by atomic mass is 35.5. The van der Waals surface area contributed by atoms with Crippen molar-refractivity contribution in [2.75, 3.05) is 25.0 Å². The van der Waals surface area contributed by atoms with Gasteiger partial charge in [0.05, 0.1) is 11.3 Å². The van der Waals surface area contributed by atoms with Crippen molar-refractivity contribution in [1.82, 2.24) is 4.90 Å². The third-order valence-corrected chi connectivity index (χ3v) is 4.33. The monoisotopic (exact) mass is 261 g/mol. The van der Waals surface area contributed by atoms with Gasteiger partial charge in [-0.1, -0.05) is 11.6 Å². The minimum absolute atomic E-state index is 0.457. The van der Waals surface area contributed by atoms with E-state index in [1.807, 2.05) is 6.07 Å². The molecule has 1 unspecified atom stereocenters. The molecular weight excluding hydrogens is 246 g/mol. The summed E-state index contributed by atoms with van der Waals surface area (Å²) in [5, 5.41) is 13.3. The Morgan fingerprint density at radius 3 is 2.72 bits per heavy atom. The minimum Gasteiger partial charge on any atom is -0.380 e. The zero-order chi connectivity index (χ0) is 12.5. The SMILES string of the molecule is N#Cc1ccc(Cl)cc1NC1CN2CCC1CC2. The van der Waals surface area contributed by atoms with Crippen LogP contribution in [0.15, 0.2) is 18.2 Å². The zero-order valence-corrected chi connectivity index (χ0v) is 11.0. The van der Waals surface area contributed by atoms with E-state index < -0.39 is 0 Å². The van der Waals surface area contributed by atoms with Crippen molar-refractivity contribution in [3.05, 3.63) is 28.8 Å². The standard InChI is InChI=1S/C14H16ClN3/c15-12-2-1-11(8-16)13(7-12)17-14-9-18-5-3-10(14)4-6-18/h1-2,7,10,14,17H,3-6,9H2. The van der Waals surface area contributed by atoms with E-state index in [-0.39, 0.29) is 0 Å². The smallest absolute Gasteiger partial charge is 0.101 e. The highest BCUT2D eigenvalue weighted by Crippen LogP contribution is 2.31. The van der Waals surface area contributed by atoms with Gasteiger partial charge < -0.3 is 10.2 Å². The Balaban J connectivity index is 1.80. The predicted molar refractivity (Wildman–Crippen MR) is 72.7 cm³/mol. The lowest BCUT2D eigenvalue weighted by Crippen LogP contribution is -2.53. The Kier molecular flexibility index (Phi) is 3.15. The summed E-state index contributed by atoms with van der Waals surface area (Å²) in [4.78, 5) is 2.49. The van der Waals surface area contributed by atoms with Gasteiger partial charge in [0.15, 0.2) is 0 Å². The van der Waals surface area contributed by atoms with Gasteiger partial charge in [-0.15, -0.1) is 0 Å². The van der Waals surface area contributed by atoms with E-state index in [0.717, 1.165) is 18.2 Å². The molecule has 3 aliphatic heterocycles. The first kappa shape index (κ1) is 11.8. The summed E-state index contributed by atoms with van der Waals surface area (Å²) < 4.78 is 0. The number of benzene rings is 1. The fraction of sp³-hybridized carbons (Fsp3) is 0.500. The molecular formula is C14H16ClN3. The van der Waals surface area contributed by atoms with E-state index >= 15 is 0 Å².